The van der Waals surface area contributed by atoms with Crippen molar-refractivity contribution in [1.29, 1.82) is 0 Å². The van der Waals surface area contributed by atoms with Crippen molar-refractivity contribution >= 4 is 55.1 Å². The molecular formula is C12H13Br2N5O. The number of benzene rings is 1. The van der Waals surface area contributed by atoms with Crippen molar-refractivity contribution in [2.75, 3.05) is 30.5 Å². The fraction of sp³-hybridized carbons (Fsp3) is 0.167. The summed E-state index contributed by atoms with van der Waals surface area (Å²) in [5.74, 6) is 2.14. The molecule has 2 rings (SSSR count). The summed E-state index contributed by atoms with van der Waals surface area (Å²) in [5, 5.41) is 6.10. The molecule has 0 atom stereocenters. The number of ether oxygens (including phenoxy) is 1. The van der Waals surface area contributed by atoms with Crippen LogP contribution in [0, 0.1) is 0 Å². The zero-order valence-corrected chi connectivity index (χ0v) is 14.0. The highest BCUT2D eigenvalue weighted by Crippen LogP contribution is 2.35. The predicted octanol–water partition coefficient (Wildman–Crippen LogP) is 3.38. The lowest BCUT2D eigenvalue weighted by Gasteiger charge is -2.12. The van der Waals surface area contributed by atoms with Crippen LogP contribution in [-0.2, 0) is 0 Å². The Morgan fingerprint density at radius 2 is 1.80 bits per heavy atom. The Bertz CT molecular complexity index is 635. The van der Waals surface area contributed by atoms with Crippen LogP contribution >= 0.6 is 31.9 Å². The molecule has 106 valence electrons. The number of nitrogens with one attached hydrogen (secondary N) is 2. The lowest BCUT2D eigenvalue weighted by molar-refractivity contribution is 0.412. The molecule has 0 saturated carbocycles. The molecule has 1 aromatic heterocycles. The molecule has 8 heteroatoms. The molecular weight excluding hydrogens is 390 g/mol. The minimum atomic E-state index is 0.194. The number of rotatable bonds is 4. The van der Waals surface area contributed by atoms with E-state index in [9.17, 15) is 0 Å². The van der Waals surface area contributed by atoms with E-state index in [-0.39, 0.29) is 5.95 Å². The van der Waals surface area contributed by atoms with Gasteiger partial charge in [0.05, 0.1) is 17.3 Å². The van der Waals surface area contributed by atoms with Crippen molar-refractivity contribution in [3.05, 3.63) is 27.1 Å². The maximum Gasteiger partial charge on any atom is 0.223 e. The third-order valence-electron chi connectivity index (χ3n) is 2.50. The van der Waals surface area contributed by atoms with Crippen LogP contribution in [0.5, 0.6) is 5.75 Å². The van der Waals surface area contributed by atoms with Gasteiger partial charge in [0.1, 0.15) is 17.4 Å². The number of nitrogens with zero attached hydrogens (tertiary/aromatic N) is 2. The molecule has 0 aliphatic carbocycles. The molecule has 6 nitrogen and oxygen atoms in total. The number of nitrogen functional groups attached to an aromatic ring is 1. The summed E-state index contributed by atoms with van der Waals surface area (Å²) in [6.07, 6.45) is 0. The van der Waals surface area contributed by atoms with Gasteiger partial charge in [-0.05, 0) is 37.9 Å². The Balaban J connectivity index is 2.36. The molecule has 4 N–H and O–H groups in total. The lowest BCUT2D eigenvalue weighted by atomic mass is 10.3. The molecule has 0 amide bonds. The predicted molar refractivity (Wildman–Crippen MR) is 87.7 cm³/mol. The van der Waals surface area contributed by atoms with E-state index in [0.29, 0.717) is 17.4 Å². The number of hydrogen-bond acceptors (Lipinski definition) is 6. The summed E-state index contributed by atoms with van der Waals surface area (Å²) >= 11 is 6.91. The summed E-state index contributed by atoms with van der Waals surface area (Å²) in [7, 11) is 3.38. The topological polar surface area (TPSA) is 85.1 Å². The summed E-state index contributed by atoms with van der Waals surface area (Å²) in [4.78, 5) is 8.17. The average molecular weight is 403 g/mol. The molecule has 0 spiro atoms. The first-order valence-corrected chi connectivity index (χ1v) is 7.24. The van der Waals surface area contributed by atoms with E-state index in [1.807, 2.05) is 12.1 Å². The molecule has 0 radical (unpaired) electrons. The number of hydrogen-bond donors (Lipinski definition) is 3. The van der Waals surface area contributed by atoms with Gasteiger partial charge in [-0.3, -0.25) is 0 Å². The molecule has 0 saturated heterocycles. The summed E-state index contributed by atoms with van der Waals surface area (Å²) in [5.41, 5.74) is 6.47. The monoisotopic (exact) mass is 401 g/mol. The van der Waals surface area contributed by atoms with Gasteiger partial charge in [-0.2, -0.15) is 9.97 Å². The molecule has 1 aromatic carbocycles. The van der Waals surface area contributed by atoms with Crippen LogP contribution in [0.3, 0.4) is 0 Å². The standard InChI is InChI=1S/C12H13Br2N5O/c1-16-10-5-11(19-12(15)18-10)17-8-4-9(20-2)7(14)3-6(8)13/h3-5H,1-2H3,(H4,15,16,17,18,19). The molecule has 0 bridgehead atoms. The van der Waals surface area contributed by atoms with Crippen LogP contribution in [-0.4, -0.2) is 24.1 Å². The van der Waals surface area contributed by atoms with E-state index in [4.69, 9.17) is 10.5 Å². The molecule has 2 aromatic rings. The first-order valence-electron chi connectivity index (χ1n) is 5.66. The lowest BCUT2D eigenvalue weighted by Crippen LogP contribution is -2.03. The number of anilines is 4. The molecule has 0 unspecified atom stereocenters. The van der Waals surface area contributed by atoms with Crippen LogP contribution in [0.25, 0.3) is 0 Å². The second-order valence-electron chi connectivity index (χ2n) is 3.84. The van der Waals surface area contributed by atoms with Crippen LogP contribution < -0.4 is 21.1 Å². The Labute approximate surface area is 133 Å². The van der Waals surface area contributed by atoms with Crippen LogP contribution in [0.1, 0.15) is 0 Å². The second-order valence-corrected chi connectivity index (χ2v) is 5.55. The van der Waals surface area contributed by atoms with Gasteiger partial charge in [0.25, 0.3) is 0 Å². The van der Waals surface area contributed by atoms with Crippen LogP contribution in [0.15, 0.2) is 27.1 Å². The van der Waals surface area contributed by atoms with Gasteiger partial charge in [-0.15, -0.1) is 0 Å². The van der Waals surface area contributed by atoms with Crippen molar-refractivity contribution in [3.8, 4) is 5.75 Å². The average Bonchev–Trinajstić information content (AvgIpc) is 2.41. The Hall–Kier alpha value is -1.54. The molecule has 1 heterocycles. The van der Waals surface area contributed by atoms with E-state index >= 15 is 0 Å². The number of halogens is 2. The highest BCUT2D eigenvalue weighted by atomic mass is 79.9. The Kier molecular flexibility index (Phi) is 4.66. The zero-order valence-electron chi connectivity index (χ0n) is 10.9. The second kappa shape index (κ2) is 6.27. The smallest absolute Gasteiger partial charge is 0.223 e. The molecule has 20 heavy (non-hydrogen) atoms. The molecule has 0 aliphatic rings. The van der Waals surface area contributed by atoms with E-state index in [0.717, 1.165) is 14.6 Å². The van der Waals surface area contributed by atoms with Crippen LogP contribution in [0.2, 0.25) is 0 Å². The van der Waals surface area contributed by atoms with E-state index in [2.05, 4.69) is 52.5 Å². The van der Waals surface area contributed by atoms with Gasteiger partial charge in [0, 0.05) is 23.7 Å². The van der Waals surface area contributed by atoms with E-state index < -0.39 is 0 Å². The van der Waals surface area contributed by atoms with E-state index in [1.165, 1.54) is 0 Å². The minimum Gasteiger partial charge on any atom is -0.495 e. The minimum absolute atomic E-state index is 0.194. The SMILES string of the molecule is CNc1cc(Nc2cc(OC)c(Br)cc2Br)nc(N)n1. The van der Waals surface area contributed by atoms with Crippen molar-refractivity contribution < 1.29 is 4.74 Å². The Morgan fingerprint density at radius 3 is 2.45 bits per heavy atom. The van der Waals surface area contributed by atoms with Crippen molar-refractivity contribution in [1.82, 2.24) is 9.97 Å². The maximum atomic E-state index is 5.66. The summed E-state index contributed by atoms with van der Waals surface area (Å²) in [6, 6.07) is 5.51. The van der Waals surface area contributed by atoms with Crippen molar-refractivity contribution in [2.24, 2.45) is 0 Å². The van der Waals surface area contributed by atoms with Gasteiger partial charge in [-0.1, -0.05) is 0 Å². The largest absolute Gasteiger partial charge is 0.495 e. The Morgan fingerprint density at radius 1 is 1.10 bits per heavy atom. The van der Waals surface area contributed by atoms with Crippen molar-refractivity contribution in [2.45, 2.75) is 0 Å². The first-order chi connectivity index (χ1) is 9.53. The van der Waals surface area contributed by atoms with Gasteiger partial charge in [-0.25, -0.2) is 0 Å². The fourth-order valence-electron chi connectivity index (χ4n) is 1.58. The number of aromatic nitrogens is 2. The van der Waals surface area contributed by atoms with E-state index in [1.54, 1.807) is 20.2 Å². The quantitative estimate of drug-likeness (QED) is 0.726. The third kappa shape index (κ3) is 3.31. The summed E-state index contributed by atoms with van der Waals surface area (Å²) in [6.45, 7) is 0. The molecule has 0 aliphatic heterocycles. The van der Waals surface area contributed by atoms with Crippen LogP contribution in [0.4, 0.5) is 23.3 Å². The molecule has 0 fully saturated rings. The maximum absolute atomic E-state index is 5.66. The van der Waals surface area contributed by atoms with Gasteiger partial charge >= 0.3 is 0 Å². The zero-order chi connectivity index (χ0) is 14.7. The normalized spacial score (nSPS) is 10.2. The van der Waals surface area contributed by atoms with Crippen molar-refractivity contribution in [3.63, 3.8) is 0 Å². The highest BCUT2D eigenvalue weighted by Gasteiger charge is 2.09. The fourth-order valence-corrected chi connectivity index (χ4v) is 2.83. The van der Waals surface area contributed by atoms with Gasteiger partial charge in [0.15, 0.2) is 0 Å². The number of nitrogens with two attached hydrogens (primary N) is 1. The first kappa shape index (κ1) is 14.9. The van der Waals surface area contributed by atoms with Gasteiger partial charge < -0.3 is 21.1 Å². The third-order valence-corrected chi connectivity index (χ3v) is 3.78. The summed E-state index contributed by atoms with van der Waals surface area (Å²) < 4.78 is 7.00. The number of methoxy groups -OCH3 is 1. The van der Waals surface area contributed by atoms with Gasteiger partial charge in [0.2, 0.25) is 5.95 Å². The highest BCUT2D eigenvalue weighted by molar-refractivity contribution is 9.11.